The maximum Gasteiger partial charge on any atom is 0.416 e. The fourth-order valence-corrected chi connectivity index (χ4v) is 3.47. The van der Waals surface area contributed by atoms with Crippen LogP contribution in [0.3, 0.4) is 0 Å². The van der Waals surface area contributed by atoms with Crippen LogP contribution in [-0.2, 0) is 20.5 Å². The van der Waals surface area contributed by atoms with Crippen LogP contribution in [-0.4, -0.2) is 54.8 Å². The Hall–Kier alpha value is -2.29. The minimum atomic E-state index is -4.44. The Bertz CT molecular complexity index is 691. The molecule has 142 valence electrons. The number of carbonyl (C=O) groups is 2. The summed E-state index contributed by atoms with van der Waals surface area (Å²) in [5.74, 6) is -1.48. The summed E-state index contributed by atoms with van der Waals surface area (Å²) in [6, 6.07) is 4.04. The van der Waals surface area contributed by atoms with Gasteiger partial charge in [0.1, 0.15) is 5.75 Å². The zero-order valence-electron chi connectivity index (χ0n) is 13.8. The number of carboxylic acid groups (broad SMARTS) is 1. The summed E-state index contributed by atoms with van der Waals surface area (Å²) in [4.78, 5) is 25.5. The smallest absolute Gasteiger partial charge is 0.416 e. The SMILES string of the molecule is O=C(COc1ccc(C(F)(F)F)cc1)N1C[C@H]2COCC[C@@]2(C(=O)O)C1. The highest BCUT2D eigenvalue weighted by molar-refractivity contribution is 5.82. The van der Waals surface area contributed by atoms with E-state index in [0.717, 1.165) is 24.3 Å². The summed E-state index contributed by atoms with van der Waals surface area (Å²) in [5.41, 5.74) is -1.80. The molecule has 9 heteroatoms. The maximum absolute atomic E-state index is 12.5. The lowest BCUT2D eigenvalue weighted by Gasteiger charge is -2.33. The number of hydrogen-bond acceptors (Lipinski definition) is 4. The third-order valence-electron chi connectivity index (χ3n) is 5.03. The quantitative estimate of drug-likeness (QED) is 0.874. The van der Waals surface area contributed by atoms with Crippen molar-refractivity contribution in [3.8, 4) is 5.75 Å². The average Bonchev–Trinajstić information content (AvgIpc) is 3.00. The predicted molar refractivity (Wildman–Crippen MR) is 82.5 cm³/mol. The van der Waals surface area contributed by atoms with Crippen molar-refractivity contribution in [2.24, 2.45) is 11.3 Å². The second kappa shape index (κ2) is 6.79. The Morgan fingerprint density at radius 3 is 2.58 bits per heavy atom. The molecule has 1 aromatic rings. The lowest BCUT2D eigenvalue weighted by atomic mass is 9.74. The summed E-state index contributed by atoms with van der Waals surface area (Å²) in [5, 5.41) is 9.58. The van der Waals surface area contributed by atoms with Gasteiger partial charge in [0.15, 0.2) is 6.61 Å². The van der Waals surface area contributed by atoms with Crippen LogP contribution in [0.5, 0.6) is 5.75 Å². The van der Waals surface area contributed by atoms with Crippen molar-refractivity contribution >= 4 is 11.9 Å². The fraction of sp³-hybridized carbons (Fsp3) is 0.529. The first-order valence-electron chi connectivity index (χ1n) is 8.11. The molecule has 1 N–H and O–H groups in total. The first-order valence-corrected chi connectivity index (χ1v) is 8.11. The van der Waals surface area contributed by atoms with Crippen molar-refractivity contribution in [1.29, 1.82) is 0 Å². The van der Waals surface area contributed by atoms with Gasteiger partial charge in [0.05, 0.1) is 17.6 Å². The molecule has 2 fully saturated rings. The van der Waals surface area contributed by atoms with Crippen LogP contribution in [0.1, 0.15) is 12.0 Å². The van der Waals surface area contributed by atoms with Gasteiger partial charge in [0, 0.05) is 25.6 Å². The van der Waals surface area contributed by atoms with Crippen LogP contribution in [0.4, 0.5) is 13.2 Å². The van der Waals surface area contributed by atoms with E-state index < -0.39 is 29.0 Å². The molecule has 6 nitrogen and oxygen atoms in total. The number of rotatable bonds is 4. The van der Waals surface area contributed by atoms with E-state index in [-0.39, 0.29) is 38.0 Å². The molecule has 0 radical (unpaired) electrons. The topological polar surface area (TPSA) is 76.1 Å². The number of likely N-dealkylation sites (tertiary alicyclic amines) is 1. The number of hydrogen-bond donors (Lipinski definition) is 1. The van der Waals surface area contributed by atoms with E-state index in [4.69, 9.17) is 9.47 Å². The van der Waals surface area contributed by atoms with Crippen LogP contribution in [0.25, 0.3) is 0 Å². The van der Waals surface area contributed by atoms with Crippen LogP contribution in [0.15, 0.2) is 24.3 Å². The van der Waals surface area contributed by atoms with Crippen molar-refractivity contribution in [3.63, 3.8) is 0 Å². The van der Waals surface area contributed by atoms with Gasteiger partial charge in [-0.1, -0.05) is 0 Å². The van der Waals surface area contributed by atoms with Gasteiger partial charge >= 0.3 is 12.1 Å². The second-order valence-electron chi connectivity index (χ2n) is 6.57. The Kier molecular flexibility index (Phi) is 4.83. The number of carbonyl (C=O) groups excluding carboxylic acids is 1. The zero-order chi connectivity index (χ0) is 18.9. The average molecular weight is 373 g/mol. The number of nitrogens with zero attached hydrogens (tertiary/aromatic N) is 1. The fourth-order valence-electron chi connectivity index (χ4n) is 3.47. The van der Waals surface area contributed by atoms with Gasteiger partial charge in [-0.05, 0) is 30.7 Å². The highest BCUT2D eigenvalue weighted by Crippen LogP contribution is 2.42. The number of amides is 1. The summed E-state index contributed by atoms with van der Waals surface area (Å²) >= 11 is 0. The molecule has 2 heterocycles. The largest absolute Gasteiger partial charge is 0.484 e. The molecule has 0 saturated carbocycles. The third-order valence-corrected chi connectivity index (χ3v) is 5.03. The van der Waals surface area contributed by atoms with E-state index in [1.54, 1.807) is 0 Å². The summed E-state index contributed by atoms with van der Waals surface area (Å²) in [6.07, 6.45) is -4.09. The molecule has 2 saturated heterocycles. The maximum atomic E-state index is 12.5. The van der Waals surface area contributed by atoms with Gasteiger partial charge in [-0.25, -0.2) is 0 Å². The summed E-state index contributed by atoms with van der Waals surface area (Å²) in [6.45, 7) is 0.616. The van der Waals surface area contributed by atoms with E-state index in [0.29, 0.717) is 13.0 Å². The minimum Gasteiger partial charge on any atom is -0.484 e. The van der Waals surface area contributed by atoms with Crippen molar-refractivity contribution in [2.45, 2.75) is 12.6 Å². The molecule has 0 spiro atoms. The van der Waals surface area contributed by atoms with Crippen LogP contribution >= 0.6 is 0 Å². The highest BCUT2D eigenvalue weighted by atomic mass is 19.4. The molecule has 2 atom stereocenters. The predicted octanol–water partition coefficient (Wildman–Crippen LogP) is 2.03. The molecule has 3 rings (SSSR count). The minimum absolute atomic E-state index is 0.0889. The Morgan fingerprint density at radius 2 is 2.00 bits per heavy atom. The first-order chi connectivity index (χ1) is 12.2. The molecular weight excluding hydrogens is 355 g/mol. The Morgan fingerprint density at radius 1 is 1.31 bits per heavy atom. The molecule has 26 heavy (non-hydrogen) atoms. The zero-order valence-corrected chi connectivity index (χ0v) is 13.8. The van der Waals surface area contributed by atoms with Crippen molar-refractivity contribution < 1.29 is 37.3 Å². The van der Waals surface area contributed by atoms with Gasteiger partial charge < -0.3 is 19.5 Å². The number of carboxylic acids is 1. The van der Waals surface area contributed by atoms with Crippen molar-refractivity contribution in [2.75, 3.05) is 32.9 Å². The van der Waals surface area contributed by atoms with E-state index in [2.05, 4.69) is 0 Å². The number of fused-ring (bicyclic) bond motifs is 1. The van der Waals surface area contributed by atoms with Crippen LogP contribution in [0.2, 0.25) is 0 Å². The molecule has 0 aromatic heterocycles. The molecule has 1 amide bonds. The van der Waals surface area contributed by atoms with Crippen LogP contribution in [0, 0.1) is 11.3 Å². The molecule has 2 aliphatic rings. The van der Waals surface area contributed by atoms with E-state index >= 15 is 0 Å². The van der Waals surface area contributed by atoms with Gasteiger partial charge in [-0.2, -0.15) is 13.2 Å². The van der Waals surface area contributed by atoms with E-state index in [9.17, 15) is 27.9 Å². The van der Waals surface area contributed by atoms with Gasteiger partial charge in [-0.15, -0.1) is 0 Å². The number of halogens is 3. The molecule has 1 aromatic carbocycles. The van der Waals surface area contributed by atoms with Gasteiger partial charge in [-0.3, -0.25) is 9.59 Å². The lowest BCUT2D eigenvalue weighted by Crippen LogP contribution is -2.45. The van der Waals surface area contributed by atoms with Crippen LogP contribution < -0.4 is 4.74 Å². The van der Waals surface area contributed by atoms with Gasteiger partial charge in [0.2, 0.25) is 0 Å². The standard InChI is InChI=1S/C17H18F3NO5/c18-17(19,20)11-1-3-13(4-2-11)26-9-14(22)21-7-12-8-25-6-5-16(12,10-21)15(23)24/h1-4,12H,5-10H2,(H,23,24)/t12-,16+/m0/s1. The molecular formula is C17H18F3NO5. The molecule has 0 unspecified atom stereocenters. The second-order valence-corrected chi connectivity index (χ2v) is 6.57. The van der Waals surface area contributed by atoms with E-state index in [1.165, 1.54) is 4.90 Å². The van der Waals surface area contributed by atoms with Crippen molar-refractivity contribution in [1.82, 2.24) is 4.90 Å². The third kappa shape index (κ3) is 3.48. The lowest BCUT2D eigenvalue weighted by molar-refractivity contribution is -0.157. The molecule has 0 bridgehead atoms. The summed E-state index contributed by atoms with van der Waals surface area (Å²) in [7, 11) is 0. The highest BCUT2D eigenvalue weighted by Gasteiger charge is 2.54. The van der Waals surface area contributed by atoms with Crippen molar-refractivity contribution in [3.05, 3.63) is 29.8 Å². The molecule has 2 aliphatic heterocycles. The number of aliphatic carboxylic acids is 1. The number of benzene rings is 1. The normalized spacial score (nSPS) is 25.7. The number of alkyl halides is 3. The summed E-state index contributed by atoms with van der Waals surface area (Å²) < 4.78 is 48.2. The monoisotopic (exact) mass is 373 g/mol. The van der Waals surface area contributed by atoms with E-state index in [1.807, 2.05) is 0 Å². The Labute approximate surface area is 147 Å². The van der Waals surface area contributed by atoms with Gasteiger partial charge in [0.25, 0.3) is 5.91 Å². The Balaban J connectivity index is 1.60. The number of ether oxygens (including phenoxy) is 2. The first kappa shape index (κ1) is 18.5. The molecule has 0 aliphatic carbocycles.